The van der Waals surface area contributed by atoms with Gasteiger partial charge in [-0.05, 0) is 47.7 Å². The van der Waals surface area contributed by atoms with Crippen LogP contribution in [0.2, 0.25) is 0 Å². The SMILES string of the molecule is CCCN1C(=O)C(=Cc2c(Oc3ccc(C(C)(C)C)cc3)nc3ccccn3c2=O)SC1=S. The van der Waals surface area contributed by atoms with Gasteiger partial charge < -0.3 is 4.74 Å². The Bertz CT molecular complexity index is 1320. The van der Waals surface area contributed by atoms with Gasteiger partial charge in [-0.1, -0.05) is 69.9 Å². The second kappa shape index (κ2) is 9.11. The number of amides is 1. The maximum absolute atomic E-state index is 13.3. The summed E-state index contributed by atoms with van der Waals surface area (Å²) in [7, 11) is 0. The highest BCUT2D eigenvalue weighted by molar-refractivity contribution is 8.26. The van der Waals surface area contributed by atoms with E-state index in [1.807, 2.05) is 31.2 Å². The summed E-state index contributed by atoms with van der Waals surface area (Å²) in [6, 6.07) is 13.0. The number of carbonyl (C=O) groups is 1. The number of fused-ring (bicyclic) bond motifs is 1. The van der Waals surface area contributed by atoms with Crippen molar-refractivity contribution < 1.29 is 9.53 Å². The van der Waals surface area contributed by atoms with Gasteiger partial charge in [0.05, 0.1) is 4.91 Å². The van der Waals surface area contributed by atoms with Gasteiger partial charge in [0.2, 0.25) is 5.88 Å². The van der Waals surface area contributed by atoms with Crippen LogP contribution < -0.4 is 10.3 Å². The predicted octanol–water partition coefficient (Wildman–Crippen LogP) is 5.40. The summed E-state index contributed by atoms with van der Waals surface area (Å²) in [5, 5.41) is 0. The molecule has 0 aliphatic carbocycles. The van der Waals surface area contributed by atoms with E-state index in [0.717, 1.165) is 6.42 Å². The summed E-state index contributed by atoms with van der Waals surface area (Å²) in [5.41, 5.74) is 1.52. The van der Waals surface area contributed by atoms with Crippen molar-refractivity contribution in [2.75, 3.05) is 6.54 Å². The van der Waals surface area contributed by atoms with E-state index in [1.54, 1.807) is 35.4 Å². The Morgan fingerprint density at radius 1 is 1.12 bits per heavy atom. The molecule has 8 heteroatoms. The Kier molecular flexibility index (Phi) is 6.41. The lowest BCUT2D eigenvalue weighted by Gasteiger charge is -2.19. The molecule has 1 aromatic carbocycles. The van der Waals surface area contributed by atoms with Gasteiger partial charge in [0.1, 0.15) is 21.3 Å². The van der Waals surface area contributed by atoms with Gasteiger partial charge in [0.25, 0.3) is 11.5 Å². The van der Waals surface area contributed by atoms with Crippen molar-refractivity contribution in [3.05, 3.63) is 75.0 Å². The number of rotatable bonds is 5. The molecular weight excluding hydrogens is 454 g/mol. The number of thioether (sulfide) groups is 1. The molecule has 0 saturated carbocycles. The minimum Gasteiger partial charge on any atom is -0.438 e. The molecule has 1 aliphatic rings. The average Bonchev–Trinajstić information content (AvgIpc) is 3.04. The van der Waals surface area contributed by atoms with E-state index in [4.69, 9.17) is 17.0 Å². The molecule has 0 atom stereocenters. The smallest absolute Gasteiger partial charge is 0.269 e. The molecule has 0 unspecified atom stereocenters. The lowest BCUT2D eigenvalue weighted by Crippen LogP contribution is -2.28. The molecule has 33 heavy (non-hydrogen) atoms. The summed E-state index contributed by atoms with van der Waals surface area (Å²) in [6.45, 7) is 8.95. The van der Waals surface area contributed by atoms with E-state index in [0.29, 0.717) is 27.2 Å². The van der Waals surface area contributed by atoms with Crippen LogP contribution in [0.3, 0.4) is 0 Å². The van der Waals surface area contributed by atoms with Crippen molar-refractivity contribution in [1.29, 1.82) is 0 Å². The quantitative estimate of drug-likeness (QED) is 0.361. The molecule has 1 saturated heterocycles. The van der Waals surface area contributed by atoms with Crippen LogP contribution in [0.4, 0.5) is 0 Å². The fourth-order valence-electron chi connectivity index (χ4n) is 3.47. The van der Waals surface area contributed by atoms with Gasteiger partial charge in [-0.3, -0.25) is 18.9 Å². The Morgan fingerprint density at radius 2 is 1.85 bits per heavy atom. The molecule has 3 aromatic rings. The van der Waals surface area contributed by atoms with Crippen LogP contribution in [0.1, 0.15) is 45.2 Å². The molecule has 0 N–H and O–H groups in total. The van der Waals surface area contributed by atoms with Crippen molar-refractivity contribution in [1.82, 2.24) is 14.3 Å². The summed E-state index contributed by atoms with van der Waals surface area (Å²) in [6.07, 6.45) is 3.98. The van der Waals surface area contributed by atoms with Gasteiger partial charge in [-0.2, -0.15) is 4.98 Å². The van der Waals surface area contributed by atoms with Crippen molar-refractivity contribution in [2.24, 2.45) is 0 Å². The molecular formula is C25H25N3O3S2. The number of carbonyl (C=O) groups excluding carboxylic acids is 1. The third-order valence-corrected chi connectivity index (χ3v) is 6.64. The molecule has 3 heterocycles. The van der Waals surface area contributed by atoms with Gasteiger partial charge in [0.15, 0.2) is 0 Å². The first-order chi connectivity index (χ1) is 15.7. The number of aromatic nitrogens is 2. The Hall–Kier alpha value is -2.97. The van der Waals surface area contributed by atoms with Crippen molar-refractivity contribution in [3.8, 4) is 11.6 Å². The van der Waals surface area contributed by atoms with Crippen molar-refractivity contribution >= 4 is 45.9 Å². The van der Waals surface area contributed by atoms with E-state index in [1.165, 1.54) is 21.7 Å². The Balaban J connectivity index is 1.80. The molecule has 1 fully saturated rings. The number of thiocarbonyl (C=S) groups is 1. The minimum absolute atomic E-state index is 0.0109. The second-order valence-electron chi connectivity index (χ2n) is 8.77. The normalized spacial score (nSPS) is 15.6. The van der Waals surface area contributed by atoms with Gasteiger partial charge >= 0.3 is 0 Å². The summed E-state index contributed by atoms with van der Waals surface area (Å²) in [4.78, 5) is 32.7. The van der Waals surface area contributed by atoms with Crippen LogP contribution in [0.25, 0.3) is 11.7 Å². The van der Waals surface area contributed by atoms with Crippen molar-refractivity contribution in [3.63, 3.8) is 0 Å². The first-order valence-electron chi connectivity index (χ1n) is 10.7. The van der Waals surface area contributed by atoms with Crippen LogP contribution in [-0.2, 0) is 10.2 Å². The molecule has 0 spiro atoms. The average molecular weight is 480 g/mol. The highest BCUT2D eigenvalue weighted by Gasteiger charge is 2.32. The second-order valence-corrected chi connectivity index (χ2v) is 10.5. The van der Waals surface area contributed by atoms with Crippen molar-refractivity contribution in [2.45, 2.75) is 39.5 Å². The number of benzene rings is 1. The molecule has 6 nitrogen and oxygen atoms in total. The number of pyridine rings is 1. The Morgan fingerprint density at radius 3 is 2.52 bits per heavy atom. The van der Waals surface area contributed by atoms with Crippen LogP contribution in [0, 0.1) is 0 Å². The van der Waals surface area contributed by atoms with E-state index in [9.17, 15) is 9.59 Å². The minimum atomic E-state index is -0.317. The van der Waals surface area contributed by atoms with E-state index >= 15 is 0 Å². The maximum Gasteiger partial charge on any atom is 0.269 e. The largest absolute Gasteiger partial charge is 0.438 e. The maximum atomic E-state index is 13.3. The summed E-state index contributed by atoms with van der Waals surface area (Å²) >= 11 is 6.55. The number of ether oxygens (including phenoxy) is 1. The molecule has 0 bridgehead atoms. The number of hydrogen-bond donors (Lipinski definition) is 0. The Labute approximate surface area is 202 Å². The highest BCUT2D eigenvalue weighted by atomic mass is 32.2. The van der Waals surface area contributed by atoms with Crippen LogP contribution in [0.5, 0.6) is 11.6 Å². The zero-order valence-corrected chi connectivity index (χ0v) is 20.6. The first kappa shape index (κ1) is 23.2. The molecule has 2 aromatic heterocycles. The zero-order chi connectivity index (χ0) is 23.8. The molecule has 4 rings (SSSR count). The zero-order valence-electron chi connectivity index (χ0n) is 19.0. The van der Waals surface area contributed by atoms with Gasteiger partial charge in [0, 0.05) is 12.7 Å². The monoisotopic (exact) mass is 479 g/mol. The third-order valence-electron chi connectivity index (χ3n) is 5.27. The lowest BCUT2D eigenvalue weighted by atomic mass is 9.87. The topological polar surface area (TPSA) is 63.9 Å². The highest BCUT2D eigenvalue weighted by Crippen LogP contribution is 2.34. The van der Waals surface area contributed by atoms with E-state index in [2.05, 4.69) is 25.8 Å². The van der Waals surface area contributed by atoms with E-state index in [-0.39, 0.29) is 28.3 Å². The molecule has 1 aliphatic heterocycles. The molecule has 170 valence electrons. The van der Waals surface area contributed by atoms with Gasteiger partial charge in [-0.25, -0.2) is 0 Å². The molecule has 0 radical (unpaired) electrons. The van der Waals surface area contributed by atoms with E-state index < -0.39 is 0 Å². The van der Waals surface area contributed by atoms with Crippen LogP contribution in [-0.4, -0.2) is 31.1 Å². The standard InChI is InChI=1S/C25H25N3O3S2/c1-5-13-28-23(30)19(33-24(28)32)15-18-21(26-20-8-6-7-14-27(20)22(18)29)31-17-11-9-16(10-12-17)25(2,3)4/h6-12,14-15H,5,13H2,1-4H3. The van der Waals surface area contributed by atoms with Crippen LogP contribution >= 0.6 is 24.0 Å². The number of nitrogens with zero attached hydrogens (tertiary/aromatic N) is 3. The molecule has 1 amide bonds. The summed E-state index contributed by atoms with van der Waals surface area (Å²) < 4.78 is 8.00. The van der Waals surface area contributed by atoms with Gasteiger partial charge in [-0.15, -0.1) is 0 Å². The number of hydrogen-bond acceptors (Lipinski definition) is 6. The fourth-order valence-corrected chi connectivity index (χ4v) is 4.76. The lowest BCUT2D eigenvalue weighted by molar-refractivity contribution is -0.122. The summed E-state index contributed by atoms with van der Waals surface area (Å²) in [5.74, 6) is 0.503. The predicted molar refractivity (Wildman–Crippen MR) is 137 cm³/mol. The van der Waals surface area contributed by atoms with Crippen LogP contribution in [0.15, 0.2) is 58.4 Å². The third kappa shape index (κ3) is 4.72. The first-order valence-corrected chi connectivity index (χ1v) is 12.0. The fraction of sp³-hybridized carbons (Fsp3) is 0.280.